The Morgan fingerprint density at radius 3 is 2.91 bits per heavy atom. The van der Waals surface area contributed by atoms with Crippen LogP contribution in [0.5, 0.6) is 0 Å². The molecule has 0 saturated heterocycles. The molecule has 2 nitrogen and oxygen atoms in total. The maximum absolute atomic E-state index is 5.55. The molecule has 3 heteroatoms. The van der Waals surface area contributed by atoms with Crippen LogP contribution in [0, 0.1) is 0 Å². The first-order valence-electron chi connectivity index (χ1n) is 3.86. The molecule has 0 unspecified atom stereocenters. The average Bonchev–Trinajstić information content (AvgIpc) is 2.37. The summed E-state index contributed by atoms with van der Waals surface area (Å²) in [6.07, 6.45) is 7.31. The molecule has 1 aromatic rings. The van der Waals surface area contributed by atoms with E-state index in [1.54, 1.807) is 0 Å². The quantitative estimate of drug-likeness (QED) is 0.502. The molecule has 1 rings (SSSR count). The lowest BCUT2D eigenvalue weighted by atomic mass is 10.2. The lowest BCUT2D eigenvalue weighted by Gasteiger charge is -1.92. The van der Waals surface area contributed by atoms with E-state index in [4.69, 9.17) is 11.6 Å². The molecule has 0 saturated carbocycles. The average molecular weight is 173 g/mol. The van der Waals surface area contributed by atoms with Crippen LogP contribution in [0.25, 0.3) is 0 Å². The van der Waals surface area contributed by atoms with E-state index in [-0.39, 0.29) is 0 Å². The molecular formula is C8H13ClN2. The standard InChI is InChI=1S/C8H13ClN2/c1-11-7-8(6-10-11)4-2-3-5-9/h6-7H,2-5H2,1H3. The fourth-order valence-corrected chi connectivity index (χ4v) is 1.21. The normalized spacial score (nSPS) is 10.4. The summed E-state index contributed by atoms with van der Waals surface area (Å²) in [6.45, 7) is 0. The highest BCUT2D eigenvalue weighted by atomic mass is 35.5. The Hall–Kier alpha value is -0.500. The SMILES string of the molecule is Cn1cc(CCCCCl)cn1. The maximum Gasteiger partial charge on any atom is 0.0521 e. The number of unbranched alkanes of at least 4 members (excludes halogenated alkanes) is 1. The third kappa shape index (κ3) is 2.93. The van der Waals surface area contributed by atoms with Crippen LogP contribution in [0.1, 0.15) is 18.4 Å². The topological polar surface area (TPSA) is 17.8 Å². The maximum atomic E-state index is 5.55. The van der Waals surface area contributed by atoms with E-state index in [0.29, 0.717) is 0 Å². The zero-order chi connectivity index (χ0) is 8.10. The van der Waals surface area contributed by atoms with E-state index in [1.165, 1.54) is 5.56 Å². The second-order valence-electron chi connectivity index (χ2n) is 2.67. The van der Waals surface area contributed by atoms with Crippen molar-refractivity contribution in [1.29, 1.82) is 0 Å². The minimum atomic E-state index is 0.764. The lowest BCUT2D eigenvalue weighted by molar-refractivity contribution is 0.763. The molecule has 1 aromatic heterocycles. The van der Waals surface area contributed by atoms with Gasteiger partial charge in [-0.3, -0.25) is 4.68 Å². The molecular weight excluding hydrogens is 160 g/mol. The van der Waals surface area contributed by atoms with E-state index in [9.17, 15) is 0 Å². The molecule has 0 amide bonds. The highest BCUT2D eigenvalue weighted by Gasteiger charge is 1.94. The number of hydrogen-bond donors (Lipinski definition) is 0. The van der Waals surface area contributed by atoms with Crippen molar-refractivity contribution < 1.29 is 0 Å². The van der Waals surface area contributed by atoms with Crippen molar-refractivity contribution in [3.8, 4) is 0 Å². The number of rotatable bonds is 4. The Kier molecular flexibility index (Phi) is 3.43. The third-order valence-corrected chi connectivity index (χ3v) is 1.87. The summed E-state index contributed by atoms with van der Waals surface area (Å²) in [5.41, 5.74) is 1.30. The van der Waals surface area contributed by atoms with Gasteiger partial charge in [0.2, 0.25) is 0 Å². The van der Waals surface area contributed by atoms with Crippen LogP contribution in [0.15, 0.2) is 12.4 Å². The van der Waals surface area contributed by atoms with Gasteiger partial charge in [-0.15, -0.1) is 11.6 Å². The van der Waals surface area contributed by atoms with Gasteiger partial charge in [0.25, 0.3) is 0 Å². The number of halogens is 1. The summed E-state index contributed by atoms with van der Waals surface area (Å²) < 4.78 is 1.83. The molecule has 0 bridgehead atoms. The number of alkyl halides is 1. The summed E-state index contributed by atoms with van der Waals surface area (Å²) in [5, 5.41) is 4.08. The molecule has 0 aromatic carbocycles. The highest BCUT2D eigenvalue weighted by molar-refractivity contribution is 6.17. The third-order valence-electron chi connectivity index (χ3n) is 1.61. The highest BCUT2D eigenvalue weighted by Crippen LogP contribution is 2.03. The Morgan fingerprint density at radius 2 is 2.36 bits per heavy atom. The van der Waals surface area contributed by atoms with E-state index in [2.05, 4.69) is 5.10 Å². The number of aryl methyl sites for hydroxylation is 2. The fourth-order valence-electron chi connectivity index (χ4n) is 1.02. The smallest absolute Gasteiger partial charge is 0.0521 e. The van der Waals surface area contributed by atoms with Crippen molar-refractivity contribution in [1.82, 2.24) is 9.78 Å². The van der Waals surface area contributed by atoms with Gasteiger partial charge in [-0.25, -0.2) is 0 Å². The van der Waals surface area contributed by atoms with Gasteiger partial charge in [-0.05, 0) is 24.8 Å². The second kappa shape index (κ2) is 4.39. The largest absolute Gasteiger partial charge is 0.276 e. The van der Waals surface area contributed by atoms with E-state index < -0.39 is 0 Å². The summed E-state index contributed by atoms with van der Waals surface area (Å²) in [5.74, 6) is 0.764. The molecule has 0 aliphatic carbocycles. The first kappa shape index (κ1) is 8.60. The predicted octanol–water partition coefficient (Wildman–Crippen LogP) is 1.98. The molecule has 0 radical (unpaired) electrons. The van der Waals surface area contributed by atoms with E-state index in [0.717, 1.165) is 25.1 Å². The molecule has 0 spiro atoms. The summed E-state index contributed by atoms with van der Waals surface area (Å²) in [4.78, 5) is 0. The summed E-state index contributed by atoms with van der Waals surface area (Å²) in [7, 11) is 1.94. The van der Waals surface area contributed by atoms with Gasteiger partial charge in [-0.2, -0.15) is 5.10 Å². The van der Waals surface area contributed by atoms with Gasteiger partial charge >= 0.3 is 0 Å². The van der Waals surface area contributed by atoms with Crippen LogP contribution in [-0.4, -0.2) is 15.7 Å². The molecule has 0 atom stereocenters. The second-order valence-corrected chi connectivity index (χ2v) is 3.05. The van der Waals surface area contributed by atoms with E-state index >= 15 is 0 Å². The monoisotopic (exact) mass is 172 g/mol. The number of hydrogen-bond acceptors (Lipinski definition) is 1. The van der Waals surface area contributed by atoms with Gasteiger partial charge in [0.15, 0.2) is 0 Å². The summed E-state index contributed by atoms with van der Waals surface area (Å²) >= 11 is 5.55. The molecule has 11 heavy (non-hydrogen) atoms. The van der Waals surface area contributed by atoms with Crippen LogP contribution in [0.4, 0.5) is 0 Å². The lowest BCUT2D eigenvalue weighted by Crippen LogP contribution is -1.85. The van der Waals surface area contributed by atoms with Crippen LogP contribution in [-0.2, 0) is 13.5 Å². The molecule has 0 N–H and O–H groups in total. The van der Waals surface area contributed by atoms with Crippen molar-refractivity contribution in [2.24, 2.45) is 7.05 Å². The van der Waals surface area contributed by atoms with Gasteiger partial charge in [0, 0.05) is 19.1 Å². The Balaban J connectivity index is 2.27. The summed E-state index contributed by atoms with van der Waals surface area (Å²) in [6, 6.07) is 0. The number of nitrogens with zero attached hydrogens (tertiary/aromatic N) is 2. The minimum Gasteiger partial charge on any atom is -0.276 e. The Morgan fingerprint density at radius 1 is 1.55 bits per heavy atom. The molecule has 0 aliphatic heterocycles. The van der Waals surface area contributed by atoms with Crippen LogP contribution < -0.4 is 0 Å². The van der Waals surface area contributed by atoms with Crippen molar-refractivity contribution in [3.05, 3.63) is 18.0 Å². The van der Waals surface area contributed by atoms with Crippen LogP contribution in [0.3, 0.4) is 0 Å². The fraction of sp³-hybridized carbons (Fsp3) is 0.625. The molecule has 1 heterocycles. The van der Waals surface area contributed by atoms with Crippen molar-refractivity contribution in [2.45, 2.75) is 19.3 Å². The van der Waals surface area contributed by atoms with Crippen molar-refractivity contribution in [2.75, 3.05) is 5.88 Å². The molecule has 0 aliphatic rings. The van der Waals surface area contributed by atoms with E-state index in [1.807, 2.05) is 24.1 Å². The minimum absolute atomic E-state index is 0.764. The van der Waals surface area contributed by atoms with Gasteiger partial charge in [0.1, 0.15) is 0 Å². The zero-order valence-electron chi connectivity index (χ0n) is 6.76. The van der Waals surface area contributed by atoms with Crippen LogP contribution >= 0.6 is 11.6 Å². The van der Waals surface area contributed by atoms with Gasteiger partial charge in [0.05, 0.1) is 6.20 Å². The zero-order valence-corrected chi connectivity index (χ0v) is 7.51. The molecule has 62 valence electrons. The first-order chi connectivity index (χ1) is 5.33. The Bertz CT molecular complexity index is 208. The first-order valence-corrected chi connectivity index (χ1v) is 4.40. The van der Waals surface area contributed by atoms with Crippen molar-refractivity contribution in [3.63, 3.8) is 0 Å². The Labute approximate surface area is 72.2 Å². The van der Waals surface area contributed by atoms with Crippen molar-refractivity contribution >= 4 is 11.6 Å². The van der Waals surface area contributed by atoms with Gasteiger partial charge in [-0.1, -0.05) is 0 Å². The number of aromatic nitrogens is 2. The predicted molar refractivity (Wildman–Crippen MR) is 46.9 cm³/mol. The molecule has 0 fully saturated rings. The van der Waals surface area contributed by atoms with Gasteiger partial charge < -0.3 is 0 Å². The van der Waals surface area contributed by atoms with Crippen LogP contribution in [0.2, 0.25) is 0 Å².